The first-order valence-electron chi connectivity index (χ1n) is 4.87. The van der Waals surface area contributed by atoms with E-state index in [1.165, 1.54) is 18.4 Å². The summed E-state index contributed by atoms with van der Waals surface area (Å²) in [4.78, 5) is 15.7. The highest BCUT2D eigenvalue weighted by molar-refractivity contribution is 7.18. The van der Waals surface area contributed by atoms with Crippen LogP contribution in [0.25, 0.3) is 0 Å². The van der Waals surface area contributed by atoms with Gasteiger partial charge in [0.05, 0.1) is 7.11 Å². The summed E-state index contributed by atoms with van der Waals surface area (Å²) >= 11 is 7.07. The maximum atomic E-state index is 11.3. The number of carbonyl (C=O) groups is 1. The van der Waals surface area contributed by atoms with Gasteiger partial charge in [0.1, 0.15) is 0 Å². The number of halogens is 1. The Morgan fingerprint density at radius 3 is 2.94 bits per heavy atom. The van der Waals surface area contributed by atoms with Crippen LogP contribution >= 0.6 is 22.9 Å². The van der Waals surface area contributed by atoms with Gasteiger partial charge in [0.25, 0.3) is 0 Å². The average Bonchev–Trinajstić information content (AvgIpc) is 2.88. The molecule has 1 aliphatic carbocycles. The lowest BCUT2D eigenvalue weighted by molar-refractivity contribution is 0.0606. The van der Waals surface area contributed by atoms with Gasteiger partial charge in [-0.2, -0.15) is 0 Å². The van der Waals surface area contributed by atoms with Gasteiger partial charge in [-0.1, -0.05) is 35.1 Å². The number of methoxy groups -OCH3 is 1. The fraction of sp³-hybridized carbons (Fsp3) is 0.400. The second-order valence-electron chi connectivity index (χ2n) is 3.41. The first-order valence-corrected chi connectivity index (χ1v) is 6.06. The molecule has 1 N–H and O–H groups in total. The zero-order chi connectivity index (χ0) is 11.5. The fourth-order valence-electron chi connectivity index (χ4n) is 1.49. The molecule has 0 radical (unpaired) electrons. The highest BCUT2D eigenvalue weighted by Crippen LogP contribution is 2.29. The highest BCUT2D eigenvalue weighted by atomic mass is 35.5. The molecule has 0 atom stereocenters. The number of hydrogen-bond acceptors (Lipinski definition) is 5. The van der Waals surface area contributed by atoms with Crippen molar-refractivity contribution in [1.82, 2.24) is 4.98 Å². The van der Waals surface area contributed by atoms with Gasteiger partial charge in [0.2, 0.25) is 0 Å². The average molecular weight is 259 g/mol. The van der Waals surface area contributed by atoms with Crippen LogP contribution in [0.2, 0.25) is 5.15 Å². The second kappa shape index (κ2) is 4.84. The molecule has 0 aliphatic heterocycles. The minimum Gasteiger partial charge on any atom is -0.465 e. The summed E-state index contributed by atoms with van der Waals surface area (Å²) in [5.74, 6) is -0.444. The van der Waals surface area contributed by atoms with Gasteiger partial charge in [-0.25, -0.2) is 9.78 Å². The van der Waals surface area contributed by atoms with Gasteiger partial charge < -0.3 is 10.1 Å². The Balaban J connectivity index is 2.08. The van der Waals surface area contributed by atoms with Crippen LogP contribution in [-0.4, -0.2) is 24.1 Å². The molecule has 0 aromatic carbocycles. The third kappa shape index (κ3) is 2.36. The fourth-order valence-corrected chi connectivity index (χ4v) is 2.67. The number of thiazole rings is 1. The molecule has 1 aliphatic rings. The molecular weight excluding hydrogens is 248 g/mol. The van der Waals surface area contributed by atoms with Crippen molar-refractivity contribution in [2.75, 3.05) is 12.4 Å². The van der Waals surface area contributed by atoms with Crippen LogP contribution in [0.1, 0.15) is 22.5 Å². The Bertz CT molecular complexity index is 422. The smallest absolute Gasteiger partial charge is 0.351 e. The Hall–Kier alpha value is -1.07. The number of ether oxygens (including phenoxy) is 1. The predicted octanol–water partition coefficient (Wildman–Crippen LogP) is 2.71. The predicted molar refractivity (Wildman–Crippen MR) is 64.2 cm³/mol. The Morgan fingerprint density at radius 1 is 1.62 bits per heavy atom. The SMILES string of the molecule is COC(=O)c1sc(NC2CC=CC2)nc1Cl. The summed E-state index contributed by atoms with van der Waals surface area (Å²) in [5.41, 5.74) is 0. The standard InChI is InChI=1S/C10H11ClN2O2S/c1-15-9(14)7-8(11)13-10(16-7)12-6-4-2-3-5-6/h2-3,6H,4-5H2,1H3,(H,12,13). The highest BCUT2D eigenvalue weighted by Gasteiger charge is 2.19. The molecular formula is C10H11ClN2O2S. The Labute approximate surface area is 102 Å². The van der Waals surface area contributed by atoms with Crippen LogP contribution in [0.4, 0.5) is 5.13 Å². The van der Waals surface area contributed by atoms with Crippen LogP contribution < -0.4 is 5.32 Å². The van der Waals surface area contributed by atoms with Crippen LogP contribution in [0.3, 0.4) is 0 Å². The molecule has 2 rings (SSSR count). The van der Waals surface area contributed by atoms with Gasteiger partial charge in [-0.3, -0.25) is 0 Å². The van der Waals surface area contributed by atoms with E-state index in [2.05, 4.69) is 27.2 Å². The quantitative estimate of drug-likeness (QED) is 0.669. The number of anilines is 1. The van der Waals surface area contributed by atoms with Crippen LogP contribution in [0, 0.1) is 0 Å². The number of aromatic nitrogens is 1. The molecule has 1 aromatic heterocycles. The molecule has 0 fully saturated rings. The monoisotopic (exact) mass is 258 g/mol. The van der Waals surface area contributed by atoms with Crippen LogP contribution in [0.5, 0.6) is 0 Å². The topological polar surface area (TPSA) is 51.2 Å². The van der Waals surface area contributed by atoms with E-state index in [4.69, 9.17) is 11.6 Å². The van der Waals surface area contributed by atoms with Gasteiger partial charge in [0, 0.05) is 6.04 Å². The molecule has 0 saturated heterocycles. The van der Waals surface area contributed by atoms with E-state index in [0.717, 1.165) is 12.8 Å². The number of hydrogen-bond donors (Lipinski definition) is 1. The zero-order valence-electron chi connectivity index (χ0n) is 8.70. The van der Waals surface area contributed by atoms with E-state index < -0.39 is 5.97 Å². The molecule has 4 nitrogen and oxygen atoms in total. The lowest BCUT2D eigenvalue weighted by atomic mass is 10.2. The van der Waals surface area contributed by atoms with E-state index in [-0.39, 0.29) is 5.15 Å². The van der Waals surface area contributed by atoms with Crippen LogP contribution in [-0.2, 0) is 4.74 Å². The van der Waals surface area contributed by atoms with Gasteiger partial charge >= 0.3 is 5.97 Å². The number of nitrogens with one attached hydrogen (secondary N) is 1. The summed E-state index contributed by atoms with van der Waals surface area (Å²) in [6, 6.07) is 0.354. The van der Waals surface area contributed by atoms with Gasteiger partial charge in [-0.15, -0.1) is 0 Å². The first kappa shape index (κ1) is 11.4. The van der Waals surface area contributed by atoms with Crippen molar-refractivity contribution in [3.8, 4) is 0 Å². The molecule has 1 aromatic rings. The summed E-state index contributed by atoms with van der Waals surface area (Å²) in [5, 5.41) is 4.10. The van der Waals surface area contributed by atoms with Gasteiger partial charge in [-0.05, 0) is 12.8 Å². The lowest BCUT2D eigenvalue weighted by Crippen LogP contribution is -2.14. The number of esters is 1. The first-order chi connectivity index (χ1) is 7.70. The van der Waals surface area contributed by atoms with Crippen molar-refractivity contribution in [2.24, 2.45) is 0 Å². The summed E-state index contributed by atoms with van der Waals surface area (Å²) < 4.78 is 4.61. The van der Waals surface area contributed by atoms with E-state index >= 15 is 0 Å². The van der Waals surface area contributed by atoms with E-state index in [9.17, 15) is 4.79 Å². The van der Waals surface area contributed by atoms with Crippen molar-refractivity contribution >= 4 is 34.0 Å². The normalized spacial score (nSPS) is 15.4. The van der Waals surface area contributed by atoms with E-state index in [1.807, 2.05) is 0 Å². The molecule has 0 bridgehead atoms. The largest absolute Gasteiger partial charge is 0.465 e. The minimum atomic E-state index is -0.444. The Kier molecular flexibility index (Phi) is 3.46. The molecule has 1 heterocycles. The van der Waals surface area contributed by atoms with Crippen LogP contribution in [0.15, 0.2) is 12.2 Å². The summed E-state index contributed by atoms with van der Waals surface area (Å²) in [7, 11) is 1.33. The number of nitrogens with zero attached hydrogens (tertiary/aromatic N) is 1. The van der Waals surface area contributed by atoms with E-state index in [1.54, 1.807) is 0 Å². The molecule has 16 heavy (non-hydrogen) atoms. The molecule has 6 heteroatoms. The third-order valence-electron chi connectivity index (χ3n) is 2.29. The Morgan fingerprint density at radius 2 is 2.31 bits per heavy atom. The molecule has 86 valence electrons. The summed E-state index contributed by atoms with van der Waals surface area (Å²) in [6.07, 6.45) is 6.19. The lowest BCUT2D eigenvalue weighted by Gasteiger charge is -2.09. The number of rotatable bonds is 3. The molecule has 0 unspecified atom stereocenters. The second-order valence-corrected chi connectivity index (χ2v) is 4.77. The molecule has 0 saturated carbocycles. The van der Waals surface area contributed by atoms with Crippen molar-refractivity contribution in [1.29, 1.82) is 0 Å². The summed E-state index contributed by atoms with van der Waals surface area (Å²) in [6.45, 7) is 0. The zero-order valence-corrected chi connectivity index (χ0v) is 10.3. The molecule has 0 amide bonds. The molecule has 0 spiro atoms. The van der Waals surface area contributed by atoms with Gasteiger partial charge in [0.15, 0.2) is 15.2 Å². The number of carbonyl (C=O) groups excluding carboxylic acids is 1. The van der Waals surface area contributed by atoms with Crippen molar-refractivity contribution in [3.05, 3.63) is 22.2 Å². The maximum absolute atomic E-state index is 11.3. The van der Waals surface area contributed by atoms with Crippen molar-refractivity contribution in [2.45, 2.75) is 18.9 Å². The third-order valence-corrected chi connectivity index (χ3v) is 3.64. The van der Waals surface area contributed by atoms with Crippen molar-refractivity contribution < 1.29 is 9.53 Å². The van der Waals surface area contributed by atoms with E-state index in [0.29, 0.717) is 16.1 Å². The van der Waals surface area contributed by atoms with Crippen molar-refractivity contribution in [3.63, 3.8) is 0 Å². The minimum absolute atomic E-state index is 0.199. The maximum Gasteiger partial charge on any atom is 0.351 e.